The summed E-state index contributed by atoms with van der Waals surface area (Å²) >= 11 is 2.24. The van der Waals surface area contributed by atoms with Crippen LogP contribution >= 0.6 is 22.6 Å². The van der Waals surface area contributed by atoms with Crippen molar-refractivity contribution in [2.45, 2.75) is 25.3 Å². The monoisotopic (exact) mass is 330 g/mol. The van der Waals surface area contributed by atoms with Gasteiger partial charge >= 0.3 is 0 Å². The van der Waals surface area contributed by atoms with Gasteiger partial charge in [0.1, 0.15) is 0 Å². The van der Waals surface area contributed by atoms with Crippen LogP contribution in [-0.4, -0.2) is 18.5 Å². The van der Waals surface area contributed by atoms with Crippen molar-refractivity contribution in [2.75, 3.05) is 11.9 Å². The predicted molar refractivity (Wildman–Crippen MR) is 73.4 cm³/mol. The molecule has 1 fully saturated rings. The minimum Gasteiger partial charge on any atom is -0.326 e. The third-order valence-corrected chi connectivity index (χ3v) is 3.37. The number of hydrogen-bond donors (Lipinski definition) is 2. The molecule has 86 valence electrons. The number of carbonyl (C=O) groups is 1. The van der Waals surface area contributed by atoms with Gasteiger partial charge in [-0.2, -0.15) is 0 Å². The maximum atomic E-state index is 11.7. The van der Waals surface area contributed by atoms with E-state index in [2.05, 4.69) is 33.2 Å². The summed E-state index contributed by atoms with van der Waals surface area (Å²) in [4.78, 5) is 11.7. The van der Waals surface area contributed by atoms with Gasteiger partial charge in [-0.25, -0.2) is 0 Å². The van der Waals surface area contributed by atoms with E-state index in [4.69, 9.17) is 0 Å². The molecule has 1 aromatic rings. The second kappa shape index (κ2) is 5.63. The minimum atomic E-state index is 0.0985. The van der Waals surface area contributed by atoms with E-state index >= 15 is 0 Å². The van der Waals surface area contributed by atoms with E-state index in [1.54, 1.807) is 0 Å². The van der Waals surface area contributed by atoms with E-state index < -0.39 is 0 Å². The van der Waals surface area contributed by atoms with Crippen LogP contribution in [0.15, 0.2) is 24.3 Å². The molecule has 16 heavy (non-hydrogen) atoms. The lowest BCUT2D eigenvalue weighted by Crippen LogP contribution is -2.27. The zero-order chi connectivity index (χ0) is 11.4. The molecule has 0 bridgehead atoms. The SMILES string of the molecule is O=C(CC1CCCN1)Nc1cccc(I)c1. The van der Waals surface area contributed by atoms with Gasteiger partial charge in [0.25, 0.3) is 0 Å². The fourth-order valence-electron chi connectivity index (χ4n) is 1.93. The Hall–Kier alpha value is -0.620. The predicted octanol–water partition coefficient (Wildman–Crippen LogP) is 2.37. The molecule has 1 aromatic carbocycles. The summed E-state index contributed by atoms with van der Waals surface area (Å²) in [5, 5.41) is 6.25. The average Bonchev–Trinajstić information content (AvgIpc) is 2.70. The number of rotatable bonds is 3. The highest BCUT2D eigenvalue weighted by molar-refractivity contribution is 14.1. The van der Waals surface area contributed by atoms with Crippen LogP contribution in [0.1, 0.15) is 19.3 Å². The fourth-order valence-corrected chi connectivity index (χ4v) is 2.48. The Labute approximate surface area is 109 Å². The van der Waals surface area contributed by atoms with E-state index in [1.807, 2.05) is 24.3 Å². The lowest BCUT2D eigenvalue weighted by atomic mass is 10.1. The highest BCUT2D eigenvalue weighted by Gasteiger charge is 2.17. The highest BCUT2D eigenvalue weighted by atomic mass is 127. The van der Waals surface area contributed by atoms with E-state index in [-0.39, 0.29) is 5.91 Å². The Morgan fingerprint density at radius 1 is 1.56 bits per heavy atom. The molecule has 0 saturated carbocycles. The van der Waals surface area contributed by atoms with Gasteiger partial charge in [-0.3, -0.25) is 4.79 Å². The van der Waals surface area contributed by atoms with Crippen LogP contribution in [0.3, 0.4) is 0 Å². The lowest BCUT2D eigenvalue weighted by Gasteiger charge is -2.10. The van der Waals surface area contributed by atoms with Gasteiger partial charge in [-0.1, -0.05) is 6.07 Å². The van der Waals surface area contributed by atoms with E-state index in [1.165, 1.54) is 6.42 Å². The third kappa shape index (κ3) is 3.45. The van der Waals surface area contributed by atoms with Crippen LogP contribution in [-0.2, 0) is 4.79 Å². The molecule has 1 saturated heterocycles. The summed E-state index contributed by atoms with van der Waals surface area (Å²) in [7, 11) is 0. The molecule has 0 aromatic heterocycles. The van der Waals surface area contributed by atoms with Gasteiger partial charge in [-0.15, -0.1) is 0 Å². The zero-order valence-corrected chi connectivity index (χ0v) is 11.2. The van der Waals surface area contributed by atoms with E-state index in [9.17, 15) is 4.79 Å². The molecule has 0 spiro atoms. The fraction of sp³-hybridized carbons (Fsp3) is 0.417. The normalized spacial score (nSPS) is 19.7. The zero-order valence-electron chi connectivity index (χ0n) is 9.00. The van der Waals surface area contributed by atoms with E-state index in [0.717, 1.165) is 22.2 Å². The average molecular weight is 330 g/mol. The number of nitrogens with one attached hydrogen (secondary N) is 2. The quantitative estimate of drug-likeness (QED) is 0.836. The molecule has 0 aliphatic carbocycles. The minimum absolute atomic E-state index is 0.0985. The Morgan fingerprint density at radius 2 is 2.44 bits per heavy atom. The molecule has 1 atom stereocenters. The summed E-state index contributed by atoms with van der Waals surface area (Å²) in [5.41, 5.74) is 0.884. The van der Waals surface area contributed by atoms with Crippen molar-refractivity contribution in [3.05, 3.63) is 27.8 Å². The summed E-state index contributed by atoms with van der Waals surface area (Å²) in [6.45, 7) is 1.04. The van der Waals surface area contributed by atoms with Crippen molar-refractivity contribution < 1.29 is 4.79 Å². The smallest absolute Gasteiger partial charge is 0.225 e. The lowest BCUT2D eigenvalue weighted by molar-refractivity contribution is -0.116. The largest absolute Gasteiger partial charge is 0.326 e. The molecule has 1 heterocycles. The standard InChI is InChI=1S/C12H15IN2O/c13-9-3-1-4-11(7-9)15-12(16)8-10-5-2-6-14-10/h1,3-4,7,10,14H,2,5-6,8H2,(H,15,16). The van der Waals surface area contributed by atoms with Crippen molar-refractivity contribution in [3.8, 4) is 0 Å². The Balaban J connectivity index is 1.86. The van der Waals surface area contributed by atoms with Crippen LogP contribution in [0, 0.1) is 3.57 Å². The number of carbonyl (C=O) groups excluding carboxylic acids is 1. The summed E-state index contributed by atoms with van der Waals surface area (Å²) < 4.78 is 1.13. The Bertz CT molecular complexity index is 375. The molecule has 4 heteroatoms. The molecular formula is C12H15IN2O. The van der Waals surface area contributed by atoms with Crippen LogP contribution in [0.25, 0.3) is 0 Å². The number of benzene rings is 1. The first kappa shape index (κ1) is 11.9. The van der Waals surface area contributed by atoms with Gasteiger partial charge in [0, 0.05) is 21.7 Å². The topological polar surface area (TPSA) is 41.1 Å². The van der Waals surface area contributed by atoms with Crippen molar-refractivity contribution in [1.29, 1.82) is 0 Å². The van der Waals surface area contributed by atoms with Crippen LogP contribution in [0.4, 0.5) is 5.69 Å². The first-order valence-electron chi connectivity index (χ1n) is 5.53. The molecule has 3 nitrogen and oxygen atoms in total. The maximum absolute atomic E-state index is 11.7. The molecule has 1 aliphatic rings. The second-order valence-corrected chi connectivity index (χ2v) is 5.30. The van der Waals surface area contributed by atoms with Crippen molar-refractivity contribution in [1.82, 2.24) is 5.32 Å². The van der Waals surface area contributed by atoms with Crippen LogP contribution in [0.2, 0.25) is 0 Å². The summed E-state index contributed by atoms with van der Waals surface area (Å²) in [6, 6.07) is 8.21. The first-order chi connectivity index (χ1) is 7.74. The number of hydrogen-bond acceptors (Lipinski definition) is 2. The maximum Gasteiger partial charge on any atom is 0.225 e. The Kier molecular flexibility index (Phi) is 4.17. The molecule has 1 unspecified atom stereocenters. The van der Waals surface area contributed by atoms with Gasteiger partial charge in [0.05, 0.1) is 0 Å². The highest BCUT2D eigenvalue weighted by Crippen LogP contribution is 2.14. The molecule has 0 radical (unpaired) electrons. The summed E-state index contributed by atoms with van der Waals surface area (Å²) in [6.07, 6.45) is 2.87. The van der Waals surface area contributed by atoms with Gasteiger partial charge < -0.3 is 10.6 Å². The number of amides is 1. The molecular weight excluding hydrogens is 315 g/mol. The molecule has 2 N–H and O–H groups in total. The van der Waals surface area contributed by atoms with Crippen LogP contribution in [0.5, 0.6) is 0 Å². The van der Waals surface area contributed by atoms with Crippen LogP contribution < -0.4 is 10.6 Å². The third-order valence-electron chi connectivity index (χ3n) is 2.70. The number of halogens is 1. The van der Waals surface area contributed by atoms with Gasteiger partial charge in [0.2, 0.25) is 5.91 Å². The Morgan fingerprint density at radius 3 is 3.12 bits per heavy atom. The molecule has 1 aliphatic heterocycles. The van der Waals surface area contributed by atoms with Crippen molar-refractivity contribution in [3.63, 3.8) is 0 Å². The van der Waals surface area contributed by atoms with Gasteiger partial charge in [-0.05, 0) is 60.2 Å². The molecule has 1 amide bonds. The van der Waals surface area contributed by atoms with Gasteiger partial charge in [0.15, 0.2) is 0 Å². The van der Waals surface area contributed by atoms with Crippen molar-refractivity contribution >= 4 is 34.2 Å². The van der Waals surface area contributed by atoms with E-state index in [0.29, 0.717) is 12.5 Å². The molecule has 2 rings (SSSR count). The second-order valence-electron chi connectivity index (χ2n) is 4.06. The van der Waals surface area contributed by atoms with Crippen molar-refractivity contribution in [2.24, 2.45) is 0 Å². The summed E-state index contributed by atoms with van der Waals surface area (Å²) in [5.74, 6) is 0.0985. The first-order valence-corrected chi connectivity index (χ1v) is 6.61. The number of anilines is 1.